The molecule has 1 aromatic heterocycles. The average Bonchev–Trinajstić information content (AvgIpc) is 2.61. The Kier molecular flexibility index (Phi) is 5.39. The van der Waals surface area contributed by atoms with Crippen molar-refractivity contribution in [2.75, 3.05) is 6.54 Å². The number of carbonyl (C=O) groups excluding carboxylic acids is 1. The molecule has 0 radical (unpaired) electrons. The van der Waals surface area contributed by atoms with Crippen molar-refractivity contribution in [3.05, 3.63) is 30.0 Å². The molecule has 2 unspecified atom stereocenters. The largest absolute Gasteiger partial charge is 0.339 e. The second-order valence-corrected chi connectivity index (χ2v) is 7.78. The minimum Gasteiger partial charge on any atom is -0.339 e. The number of para-hydroxylation sites is 2. The van der Waals surface area contributed by atoms with Crippen LogP contribution in [-0.4, -0.2) is 38.6 Å². The van der Waals surface area contributed by atoms with Crippen LogP contribution >= 0.6 is 11.8 Å². The third kappa shape index (κ3) is 3.56. The Morgan fingerprint density at radius 3 is 2.71 bits per heavy atom. The summed E-state index contributed by atoms with van der Waals surface area (Å²) in [6.07, 6.45) is 4.53. The van der Waals surface area contributed by atoms with E-state index < -0.39 is 0 Å². The molecule has 1 saturated heterocycles. The molecule has 1 aliphatic rings. The van der Waals surface area contributed by atoms with Gasteiger partial charge in [0.05, 0.1) is 22.0 Å². The number of hydrogen-bond donors (Lipinski definition) is 0. The summed E-state index contributed by atoms with van der Waals surface area (Å²) in [4.78, 5) is 24.3. The fourth-order valence-electron chi connectivity index (χ4n) is 3.35. The normalized spacial score (nSPS) is 19.5. The van der Waals surface area contributed by atoms with Crippen LogP contribution in [0.4, 0.5) is 0 Å². The van der Waals surface area contributed by atoms with Crippen LogP contribution in [0.3, 0.4) is 0 Å². The van der Waals surface area contributed by atoms with Crippen molar-refractivity contribution < 1.29 is 4.79 Å². The van der Waals surface area contributed by atoms with E-state index >= 15 is 0 Å². The zero-order valence-corrected chi connectivity index (χ0v) is 15.5. The molecule has 0 aliphatic carbocycles. The first-order valence-electron chi connectivity index (χ1n) is 8.80. The van der Waals surface area contributed by atoms with Gasteiger partial charge >= 0.3 is 0 Å². The Balaban J connectivity index is 1.77. The summed E-state index contributed by atoms with van der Waals surface area (Å²) in [5.74, 6) is 0.237. The van der Waals surface area contributed by atoms with Crippen LogP contribution in [0, 0.1) is 6.92 Å². The second kappa shape index (κ2) is 7.51. The van der Waals surface area contributed by atoms with Crippen molar-refractivity contribution in [3.8, 4) is 0 Å². The van der Waals surface area contributed by atoms with Gasteiger partial charge in [0, 0.05) is 12.6 Å². The summed E-state index contributed by atoms with van der Waals surface area (Å²) < 4.78 is 0. The molecular weight excluding hydrogens is 318 g/mol. The van der Waals surface area contributed by atoms with E-state index in [2.05, 4.69) is 16.8 Å². The molecule has 3 rings (SSSR count). The van der Waals surface area contributed by atoms with Crippen LogP contribution in [0.2, 0.25) is 0 Å². The lowest BCUT2D eigenvalue weighted by Crippen LogP contribution is -2.46. The first-order chi connectivity index (χ1) is 11.6. The van der Waals surface area contributed by atoms with Crippen molar-refractivity contribution in [3.63, 3.8) is 0 Å². The highest BCUT2D eigenvalue weighted by Crippen LogP contribution is 2.29. The van der Waals surface area contributed by atoms with Gasteiger partial charge in [-0.1, -0.05) is 30.8 Å². The van der Waals surface area contributed by atoms with Gasteiger partial charge in [0.25, 0.3) is 0 Å². The molecule has 128 valence electrons. The van der Waals surface area contributed by atoms with Crippen LogP contribution in [0.15, 0.2) is 29.3 Å². The van der Waals surface area contributed by atoms with Crippen LogP contribution in [0.5, 0.6) is 0 Å². The summed E-state index contributed by atoms with van der Waals surface area (Å²) in [5.41, 5.74) is 2.68. The molecule has 1 aliphatic heterocycles. The minimum absolute atomic E-state index is 0.133. The molecule has 2 heterocycles. The zero-order chi connectivity index (χ0) is 17.1. The number of rotatable bonds is 4. The van der Waals surface area contributed by atoms with E-state index in [1.165, 1.54) is 18.2 Å². The van der Waals surface area contributed by atoms with Crippen molar-refractivity contribution in [2.24, 2.45) is 0 Å². The molecule has 24 heavy (non-hydrogen) atoms. The molecule has 1 aromatic carbocycles. The Morgan fingerprint density at radius 1 is 1.29 bits per heavy atom. The Labute approximate surface area is 148 Å². The van der Waals surface area contributed by atoms with Crippen molar-refractivity contribution in [1.82, 2.24) is 14.9 Å². The van der Waals surface area contributed by atoms with Gasteiger partial charge in [0.1, 0.15) is 5.03 Å². The molecule has 5 heteroatoms. The standard InChI is InChI=1S/C19H25N3OS/c1-4-15-9-7-8-12-22(15)19(23)14(3)24-18-13(2)20-16-10-5-6-11-17(16)21-18/h5-6,10-11,14-15H,4,7-9,12H2,1-3H3. The number of aryl methyl sites for hydroxylation is 1. The number of hydrogen-bond acceptors (Lipinski definition) is 4. The lowest BCUT2D eigenvalue weighted by atomic mass is 10.00. The molecule has 0 N–H and O–H groups in total. The maximum atomic E-state index is 12.9. The second-order valence-electron chi connectivity index (χ2n) is 6.45. The highest BCUT2D eigenvalue weighted by atomic mass is 32.2. The topological polar surface area (TPSA) is 46.1 Å². The summed E-state index contributed by atoms with van der Waals surface area (Å²) in [6.45, 7) is 7.02. The molecule has 2 aromatic rings. The molecule has 2 atom stereocenters. The van der Waals surface area contributed by atoms with Gasteiger partial charge in [-0.05, 0) is 51.7 Å². The van der Waals surface area contributed by atoms with E-state index in [9.17, 15) is 4.79 Å². The monoisotopic (exact) mass is 343 g/mol. The fourth-order valence-corrected chi connectivity index (χ4v) is 4.29. The molecule has 4 nitrogen and oxygen atoms in total. The lowest BCUT2D eigenvalue weighted by Gasteiger charge is -2.36. The molecular formula is C19H25N3OS. The first-order valence-corrected chi connectivity index (χ1v) is 9.68. The number of aromatic nitrogens is 2. The van der Waals surface area contributed by atoms with E-state index in [0.29, 0.717) is 6.04 Å². The number of likely N-dealkylation sites (tertiary alicyclic amines) is 1. The highest BCUT2D eigenvalue weighted by Gasteiger charge is 2.29. The number of carbonyl (C=O) groups is 1. The molecule has 1 amide bonds. The van der Waals surface area contributed by atoms with Crippen molar-refractivity contribution in [1.29, 1.82) is 0 Å². The maximum Gasteiger partial charge on any atom is 0.236 e. The van der Waals surface area contributed by atoms with Crippen molar-refractivity contribution >= 4 is 28.7 Å². The van der Waals surface area contributed by atoms with Gasteiger partial charge in [0.15, 0.2) is 0 Å². The third-order valence-corrected chi connectivity index (χ3v) is 5.88. The lowest BCUT2D eigenvalue weighted by molar-refractivity contribution is -0.134. The van der Waals surface area contributed by atoms with Gasteiger partial charge in [-0.3, -0.25) is 4.79 Å². The number of nitrogens with zero attached hydrogens (tertiary/aromatic N) is 3. The highest BCUT2D eigenvalue weighted by molar-refractivity contribution is 8.00. The number of thioether (sulfide) groups is 1. The number of benzene rings is 1. The molecule has 0 bridgehead atoms. The fraction of sp³-hybridized carbons (Fsp3) is 0.526. The van der Waals surface area contributed by atoms with E-state index in [4.69, 9.17) is 4.98 Å². The van der Waals surface area contributed by atoms with Gasteiger partial charge in [0.2, 0.25) is 5.91 Å². The van der Waals surface area contributed by atoms with Gasteiger partial charge < -0.3 is 4.90 Å². The van der Waals surface area contributed by atoms with Crippen LogP contribution < -0.4 is 0 Å². The van der Waals surface area contributed by atoms with Crippen molar-refractivity contribution in [2.45, 2.75) is 62.8 Å². The minimum atomic E-state index is -0.133. The zero-order valence-electron chi connectivity index (χ0n) is 14.7. The number of amides is 1. The molecule has 1 fully saturated rings. The smallest absolute Gasteiger partial charge is 0.236 e. The van der Waals surface area contributed by atoms with Crippen LogP contribution in [0.25, 0.3) is 11.0 Å². The molecule has 0 spiro atoms. The predicted molar refractivity (Wildman–Crippen MR) is 99.2 cm³/mol. The van der Waals surface area contributed by atoms with Crippen LogP contribution in [-0.2, 0) is 4.79 Å². The Morgan fingerprint density at radius 2 is 2.00 bits per heavy atom. The SMILES string of the molecule is CCC1CCCCN1C(=O)C(C)Sc1nc2ccccc2nc1C. The Bertz CT molecular complexity index is 734. The molecule has 0 saturated carbocycles. The Hall–Kier alpha value is -1.62. The van der Waals surface area contributed by atoms with E-state index in [-0.39, 0.29) is 11.2 Å². The predicted octanol–water partition coefficient (Wildman–Crippen LogP) is 4.21. The van der Waals surface area contributed by atoms with Gasteiger partial charge in [-0.15, -0.1) is 0 Å². The third-order valence-electron chi connectivity index (χ3n) is 4.72. The quantitative estimate of drug-likeness (QED) is 0.780. The summed E-state index contributed by atoms with van der Waals surface area (Å²) in [5, 5.41) is 0.728. The van der Waals surface area contributed by atoms with Crippen LogP contribution in [0.1, 0.15) is 45.2 Å². The average molecular weight is 343 g/mol. The summed E-state index contributed by atoms with van der Waals surface area (Å²) >= 11 is 1.53. The maximum absolute atomic E-state index is 12.9. The van der Waals surface area contributed by atoms with Gasteiger partial charge in [-0.25, -0.2) is 9.97 Å². The van der Waals surface area contributed by atoms with E-state index in [1.807, 2.05) is 38.1 Å². The summed E-state index contributed by atoms with van der Waals surface area (Å²) in [7, 11) is 0. The van der Waals surface area contributed by atoms with Gasteiger partial charge in [-0.2, -0.15) is 0 Å². The number of fused-ring (bicyclic) bond motifs is 1. The number of piperidine rings is 1. The first kappa shape index (κ1) is 17.2. The van der Waals surface area contributed by atoms with E-state index in [1.54, 1.807) is 0 Å². The van der Waals surface area contributed by atoms with E-state index in [0.717, 1.165) is 47.6 Å². The summed E-state index contributed by atoms with van der Waals surface area (Å²) in [6, 6.07) is 8.28.